The number of hydrogen-bond acceptors (Lipinski definition) is 5. The van der Waals surface area contributed by atoms with Crippen LogP contribution in [0.25, 0.3) is 0 Å². The largest absolute Gasteiger partial charge is 0.459 e. The number of rotatable bonds is 6. The molecule has 1 aromatic carbocycles. The molecule has 0 spiro atoms. The van der Waals surface area contributed by atoms with Crippen molar-refractivity contribution in [3.63, 3.8) is 0 Å². The lowest BCUT2D eigenvalue weighted by Gasteiger charge is -2.27. The van der Waals surface area contributed by atoms with E-state index in [1.54, 1.807) is 41.5 Å². The van der Waals surface area contributed by atoms with Gasteiger partial charge >= 0.3 is 5.97 Å². The van der Waals surface area contributed by atoms with Crippen molar-refractivity contribution < 1.29 is 35.9 Å². The number of carbonyl (C=O) groups is 1. The van der Waals surface area contributed by atoms with E-state index in [-0.39, 0.29) is 0 Å². The van der Waals surface area contributed by atoms with Crippen molar-refractivity contribution >= 4 is 16.0 Å². The van der Waals surface area contributed by atoms with Crippen LogP contribution in [0, 0.1) is 17.5 Å². The maximum absolute atomic E-state index is 13.9. The van der Waals surface area contributed by atoms with Crippen LogP contribution in [-0.2, 0) is 24.3 Å². The molecule has 0 aliphatic heterocycles. The summed E-state index contributed by atoms with van der Waals surface area (Å²) >= 11 is 0. The maximum Gasteiger partial charge on any atom is 0.327 e. The van der Waals surface area contributed by atoms with Crippen molar-refractivity contribution in [2.45, 2.75) is 63.7 Å². The summed E-state index contributed by atoms with van der Waals surface area (Å²) in [6.07, 6.45) is 0. The van der Waals surface area contributed by atoms with Crippen LogP contribution in [0.4, 0.5) is 13.2 Å². The number of hydrogen-bond donors (Lipinski definition) is 1. The van der Waals surface area contributed by atoms with E-state index in [4.69, 9.17) is 9.47 Å². The van der Waals surface area contributed by atoms with Crippen molar-refractivity contribution in [3.05, 3.63) is 29.6 Å². The molecular formula is C17H24F3NO5S. The first-order valence-corrected chi connectivity index (χ1v) is 9.54. The van der Waals surface area contributed by atoms with Crippen LogP contribution >= 0.6 is 0 Å². The smallest absolute Gasteiger partial charge is 0.327 e. The van der Waals surface area contributed by atoms with E-state index in [9.17, 15) is 26.4 Å². The van der Waals surface area contributed by atoms with Gasteiger partial charge in [0.05, 0.1) is 12.2 Å². The van der Waals surface area contributed by atoms with Gasteiger partial charge in [-0.05, 0) is 53.7 Å². The fourth-order valence-electron chi connectivity index (χ4n) is 1.82. The molecule has 154 valence electrons. The van der Waals surface area contributed by atoms with E-state index >= 15 is 0 Å². The summed E-state index contributed by atoms with van der Waals surface area (Å²) in [5.74, 6) is -6.32. The number of sulfonamides is 1. The van der Waals surface area contributed by atoms with Gasteiger partial charge in [0.2, 0.25) is 10.0 Å². The first-order chi connectivity index (χ1) is 12.0. The summed E-state index contributed by atoms with van der Waals surface area (Å²) in [7, 11) is -4.71. The zero-order valence-corrected chi connectivity index (χ0v) is 16.8. The highest BCUT2D eigenvalue weighted by molar-refractivity contribution is 7.89. The predicted octanol–water partition coefficient (Wildman–Crippen LogP) is 2.91. The molecule has 6 nitrogen and oxygen atoms in total. The summed E-state index contributed by atoms with van der Waals surface area (Å²) in [5, 5.41) is 0. The second-order valence-electron chi connectivity index (χ2n) is 7.80. The zero-order chi connectivity index (χ0) is 21.2. The number of esters is 1. The van der Waals surface area contributed by atoms with Crippen LogP contribution in [0.3, 0.4) is 0 Å². The summed E-state index contributed by atoms with van der Waals surface area (Å²) in [6, 6.07) is -0.491. The molecule has 1 N–H and O–H groups in total. The minimum atomic E-state index is -4.71. The lowest BCUT2D eigenvalue weighted by atomic mass is 10.2. The Morgan fingerprint density at radius 3 is 2.07 bits per heavy atom. The average Bonchev–Trinajstić information content (AvgIpc) is 2.46. The maximum atomic E-state index is 13.9. The minimum absolute atomic E-state index is 0.414. The Bertz CT molecular complexity index is 798. The quantitative estimate of drug-likeness (QED) is 0.575. The first-order valence-electron chi connectivity index (χ1n) is 8.06. The predicted molar refractivity (Wildman–Crippen MR) is 92.0 cm³/mol. The Morgan fingerprint density at radius 1 is 1.04 bits per heavy atom. The fourth-order valence-corrected chi connectivity index (χ4v) is 3.06. The number of ether oxygens (including phenoxy) is 2. The Balaban J connectivity index is 3.19. The van der Waals surface area contributed by atoms with E-state index in [2.05, 4.69) is 0 Å². The molecule has 0 radical (unpaired) electrons. The van der Waals surface area contributed by atoms with E-state index in [0.29, 0.717) is 12.1 Å². The average molecular weight is 411 g/mol. The minimum Gasteiger partial charge on any atom is -0.459 e. The van der Waals surface area contributed by atoms with Gasteiger partial charge in [-0.25, -0.2) is 21.6 Å². The molecule has 0 saturated heterocycles. The van der Waals surface area contributed by atoms with Crippen molar-refractivity contribution in [1.29, 1.82) is 0 Å². The highest BCUT2D eigenvalue weighted by atomic mass is 32.2. The van der Waals surface area contributed by atoms with E-state index in [0.717, 1.165) is 0 Å². The third kappa shape index (κ3) is 7.11. The standard InChI is InChI=1S/C17H24F3NO5S/c1-16(2,3)25-9-11(15(22)26-17(4,5)6)21-27(23,24)12-8-7-10(18)13(19)14(12)20/h7-8,11,21H,9H2,1-6H3. The molecule has 0 aromatic heterocycles. The molecule has 1 aromatic rings. The van der Waals surface area contributed by atoms with E-state index in [1.165, 1.54) is 0 Å². The normalized spacial score (nSPS) is 14.1. The van der Waals surface area contributed by atoms with Gasteiger partial charge in [-0.1, -0.05) is 0 Å². The highest BCUT2D eigenvalue weighted by Gasteiger charge is 2.33. The Morgan fingerprint density at radius 2 is 1.59 bits per heavy atom. The zero-order valence-electron chi connectivity index (χ0n) is 16.0. The van der Waals surface area contributed by atoms with Gasteiger partial charge in [0, 0.05) is 0 Å². The fraction of sp³-hybridized carbons (Fsp3) is 0.588. The van der Waals surface area contributed by atoms with Crippen LogP contribution < -0.4 is 4.72 Å². The van der Waals surface area contributed by atoms with Crippen LogP contribution in [-0.4, -0.2) is 38.2 Å². The molecule has 0 saturated carbocycles. The van der Waals surface area contributed by atoms with Crippen LogP contribution in [0.15, 0.2) is 17.0 Å². The number of benzene rings is 1. The summed E-state index contributed by atoms with van der Waals surface area (Å²) < 4.78 is 77.7. The molecule has 0 bridgehead atoms. The van der Waals surface area contributed by atoms with Crippen LogP contribution in [0.2, 0.25) is 0 Å². The van der Waals surface area contributed by atoms with Crippen molar-refractivity contribution in [2.75, 3.05) is 6.61 Å². The van der Waals surface area contributed by atoms with Crippen LogP contribution in [0.5, 0.6) is 0 Å². The molecule has 0 heterocycles. The van der Waals surface area contributed by atoms with Gasteiger partial charge in [-0.3, -0.25) is 4.79 Å². The second kappa shape index (κ2) is 8.15. The molecule has 0 fully saturated rings. The number of carbonyl (C=O) groups excluding carboxylic acids is 1. The number of nitrogens with one attached hydrogen (secondary N) is 1. The molecule has 0 aliphatic carbocycles. The second-order valence-corrected chi connectivity index (χ2v) is 9.49. The lowest BCUT2D eigenvalue weighted by Crippen LogP contribution is -2.48. The molecule has 27 heavy (non-hydrogen) atoms. The highest BCUT2D eigenvalue weighted by Crippen LogP contribution is 2.20. The molecule has 0 amide bonds. The molecule has 1 atom stereocenters. The SMILES string of the molecule is CC(C)(C)OCC(NS(=O)(=O)c1ccc(F)c(F)c1F)C(=O)OC(C)(C)C. The van der Waals surface area contributed by atoms with Crippen molar-refractivity contribution in [2.24, 2.45) is 0 Å². The van der Waals surface area contributed by atoms with Gasteiger partial charge < -0.3 is 9.47 Å². The van der Waals surface area contributed by atoms with Gasteiger partial charge in [-0.2, -0.15) is 4.72 Å². The van der Waals surface area contributed by atoms with Crippen molar-refractivity contribution in [1.82, 2.24) is 4.72 Å². The number of halogens is 3. The van der Waals surface area contributed by atoms with E-state index in [1.807, 2.05) is 4.72 Å². The van der Waals surface area contributed by atoms with Gasteiger partial charge in [0.1, 0.15) is 16.5 Å². The third-order valence-corrected chi connectivity index (χ3v) is 4.45. The first kappa shape index (κ1) is 23.4. The van der Waals surface area contributed by atoms with E-state index < -0.39 is 62.2 Å². The lowest BCUT2D eigenvalue weighted by molar-refractivity contribution is -0.159. The summed E-state index contributed by atoms with van der Waals surface area (Å²) in [6.45, 7) is 9.37. The molecule has 0 aliphatic rings. The monoisotopic (exact) mass is 411 g/mol. The molecule has 1 unspecified atom stereocenters. The van der Waals surface area contributed by atoms with Crippen LogP contribution in [0.1, 0.15) is 41.5 Å². The van der Waals surface area contributed by atoms with Gasteiger partial charge in [0.15, 0.2) is 17.5 Å². The summed E-state index contributed by atoms with van der Waals surface area (Å²) in [5.41, 5.74) is -1.63. The Hall–Kier alpha value is -1.65. The van der Waals surface area contributed by atoms with Gasteiger partial charge in [0.25, 0.3) is 0 Å². The molecular weight excluding hydrogens is 387 g/mol. The Labute approximate surface area is 157 Å². The Kier molecular flexibility index (Phi) is 7.06. The van der Waals surface area contributed by atoms with Crippen molar-refractivity contribution in [3.8, 4) is 0 Å². The molecule has 10 heteroatoms. The van der Waals surface area contributed by atoms with Gasteiger partial charge in [-0.15, -0.1) is 0 Å². The molecule has 1 rings (SSSR count). The third-order valence-electron chi connectivity index (χ3n) is 2.96. The summed E-state index contributed by atoms with van der Waals surface area (Å²) in [4.78, 5) is 11.2. The topological polar surface area (TPSA) is 81.7 Å².